The highest BCUT2D eigenvalue weighted by atomic mass is 32.1. The molecule has 23 heavy (non-hydrogen) atoms. The Morgan fingerprint density at radius 2 is 2.09 bits per heavy atom. The second-order valence-corrected chi connectivity index (χ2v) is 7.06. The van der Waals surface area contributed by atoms with Crippen LogP contribution < -0.4 is 10.6 Å². The third-order valence-electron chi connectivity index (χ3n) is 4.14. The van der Waals surface area contributed by atoms with Gasteiger partial charge in [-0.15, -0.1) is 11.3 Å². The van der Waals surface area contributed by atoms with Crippen molar-refractivity contribution in [2.75, 3.05) is 20.1 Å². The van der Waals surface area contributed by atoms with Crippen molar-refractivity contribution >= 4 is 17.4 Å². The zero-order chi connectivity index (χ0) is 16.2. The number of aromatic nitrogens is 1. The minimum Gasteiger partial charge on any atom is -0.338 e. The number of nitrogens with one attached hydrogen (secondary N) is 2. The van der Waals surface area contributed by atoms with Crippen molar-refractivity contribution in [1.82, 2.24) is 20.1 Å². The molecule has 0 saturated carbocycles. The van der Waals surface area contributed by atoms with Crippen LogP contribution in [0.1, 0.15) is 29.3 Å². The van der Waals surface area contributed by atoms with Crippen LogP contribution in [0.4, 0.5) is 4.79 Å². The molecule has 0 radical (unpaired) electrons. The zero-order valence-corrected chi connectivity index (χ0v) is 14.6. The number of carbonyl (C=O) groups is 1. The molecule has 3 heterocycles. The summed E-state index contributed by atoms with van der Waals surface area (Å²) >= 11 is 1.84. The molecule has 2 amide bonds. The van der Waals surface area contributed by atoms with Gasteiger partial charge >= 0.3 is 6.03 Å². The minimum absolute atomic E-state index is 0.0850. The Balaban J connectivity index is 1.83. The average molecular weight is 332 g/mol. The Labute approximate surface area is 141 Å². The van der Waals surface area contributed by atoms with Gasteiger partial charge in [0.05, 0.1) is 0 Å². The van der Waals surface area contributed by atoms with E-state index in [4.69, 9.17) is 0 Å². The van der Waals surface area contributed by atoms with Gasteiger partial charge in [0, 0.05) is 49.0 Å². The van der Waals surface area contributed by atoms with Crippen molar-refractivity contribution in [3.8, 4) is 5.00 Å². The molecular weight excluding hydrogens is 308 g/mol. The topological polar surface area (TPSA) is 49.3 Å². The Morgan fingerprint density at radius 1 is 1.30 bits per heavy atom. The number of amides is 2. The van der Waals surface area contributed by atoms with Gasteiger partial charge in [0.2, 0.25) is 0 Å². The minimum atomic E-state index is -0.0850. The maximum Gasteiger partial charge on any atom is 0.315 e. The normalized spacial score (nSPS) is 14.5. The van der Waals surface area contributed by atoms with Gasteiger partial charge in [0.25, 0.3) is 0 Å². The molecule has 6 heteroatoms. The summed E-state index contributed by atoms with van der Waals surface area (Å²) in [6.07, 6.45) is 6.14. The van der Waals surface area contributed by atoms with Gasteiger partial charge < -0.3 is 20.1 Å². The summed E-state index contributed by atoms with van der Waals surface area (Å²) in [6, 6.07) is 3.99. The third kappa shape index (κ3) is 3.59. The van der Waals surface area contributed by atoms with Crippen molar-refractivity contribution in [2.45, 2.75) is 32.9 Å². The van der Waals surface area contributed by atoms with Gasteiger partial charge in [0.15, 0.2) is 0 Å². The maximum absolute atomic E-state index is 11.9. The smallest absolute Gasteiger partial charge is 0.315 e. The lowest BCUT2D eigenvalue weighted by Crippen LogP contribution is -2.36. The molecule has 0 unspecified atom stereocenters. The summed E-state index contributed by atoms with van der Waals surface area (Å²) < 4.78 is 2.16. The number of hydrogen-bond donors (Lipinski definition) is 2. The van der Waals surface area contributed by atoms with Crippen LogP contribution >= 0.6 is 11.3 Å². The summed E-state index contributed by atoms with van der Waals surface area (Å²) in [5.41, 5.74) is 2.69. The van der Waals surface area contributed by atoms with Crippen LogP contribution in [-0.2, 0) is 19.5 Å². The summed E-state index contributed by atoms with van der Waals surface area (Å²) in [6.45, 7) is 5.41. The van der Waals surface area contributed by atoms with E-state index >= 15 is 0 Å². The number of carbonyl (C=O) groups excluding carboxylic acids is 1. The first kappa shape index (κ1) is 16.1. The number of rotatable bonds is 5. The predicted octanol–water partition coefficient (Wildman–Crippen LogP) is 2.74. The third-order valence-corrected chi connectivity index (χ3v) is 5.41. The fraction of sp³-hybridized carbons (Fsp3) is 0.471. The molecular formula is C17H24N4OS. The summed E-state index contributed by atoms with van der Waals surface area (Å²) in [5, 5.41) is 7.12. The van der Waals surface area contributed by atoms with Gasteiger partial charge in [0.1, 0.15) is 5.00 Å². The first-order chi connectivity index (χ1) is 11.2. The summed E-state index contributed by atoms with van der Waals surface area (Å²) in [4.78, 5) is 15.7. The van der Waals surface area contributed by atoms with E-state index in [0.717, 1.165) is 25.9 Å². The molecule has 124 valence electrons. The number of fused-ring (bicyclic) bond motifs is 1. The van der Waals surface area contributed by atoms with E-state index in [9.17, 15) is 4.79 Å². The molecule has 0 saturated heterocycles. The van der Waals surface area contributed by atoms with E-state index in [0.29, 0.717) is 13.1 Å². The van der Waals surface area contributed by atoms with Gasteiger partial charge in [-0.3, -0.25) is 0 Å². The van der Waals surface area contributed by atoms with E-state index in [2.05, 4.69) is 46.5 Å². The lowest BCUT2D eigenvalue weighted by atomic mass is 10.0. The molecule has 2 aromatic rings. The van der Waals surface area contributed by atoms with Crippen molar-refractivity contribution in [3.63, 3.8) is 0 Å². The van der Waals surface area contributed by atoms with Gasteiger partial charge in [-0.25, -0.2) is 4.79 Å². The largest absolute Gasteiger partial charge is 0.338 e. The first-order valence-corrected chi connectivity index (χ1v) is 8.97. The van der Waals surface area contributed by atoms with E-state index in [-0.39, 0.29) is 6.03 Å². The van der Waals surface area contributed by atoms with Crippen LogP contribution in [-0.4, -0.2) is 35.6 Å². The molecule has 0 atom stereocenters. The Kier molecular flexibility index (Phi) is 5.03. The van der Waals surface area contributed by atoms with E-state index in [1.54, 1.807) is 0 Å². The Hall–Kier alpha value is -1.79. The van der Waals surface area contributed by atoms with Crippen LogP contribution in [0.2, 0.25) is 0 Å². The zero-order valence-electron chi connectivity index (χ0n) is 13.8. The van der Waals surface area contributed by atoms with Crippen LogP contribution in [0.5, 0.6) is 0 Å². The molecule has 0 fully saturated rings. The monoisotopic (exact) mass is 332 g/mol. The lowest BCUT2D eigenvalue weighted by molar-refractivity contribution is 0.240. The second-order valence-electron chi connectivity index (χ2n) is 5.98. The number of urea groups is 1. The lowest BCUT2D eigenvalue weighted by Gasteiger charge is -2.22. The molecule has 2 aromatic heterocycles. The second kappa shape index (κ2) is 7.19. The molecule has 1 aliphatic heterocycles. The maximum atomic E-state index is 11.9. The number of nitrogens with zero attached hydrogens (tertiary/aromatic N) is 2. The number of likely N-dealkylation sites (N-methyl/N-ethyl adjacent to an activating group) is 1. The quantitative estimate of drug-likeness (QED) is 0.884. The van der Waals surface area contributed by atoms with Crippen LogP contribution in [0.3, 0.4) is 0 Å². The summed E-state index contributed by atoms with van der Waals surface area (Å²) in [7, 11) is 2.16. The Bertz CT molecular complexity index is 662. The van der Waals surface area contributed by atoms with Crippen LogP contribution in [0.25, 0.3) is 5.00 Å². The fourth-order valence-electron chi connectivity index (χ4n) is 2.91. The van der Waals surface area contributed by atoms with Gasteiger partial charge in [-0.05, 0) is 37.6 Å². The molecule has 0 spiro atoms. The Morgan fingerprint density at radius 3 is 2.83 bits per heavy atom. The highest BCUT2D eigenvalue weighted by Crippen LogP contribution is 2.35. The SMILES string of the molecule is CCCNC(=O)NCc1c(-n2cccc2)sc2c1CCN(C)C2. The number of thiophene rings is 1. The van der Waals surface area contributed by atoms with Crippen molar-refractivity contribution in [1.29, 1.82) is 0 Å². The molecule has 5 nitrogen and oxygen atoms in total. The molecule has 1 aliphatic rings. The molecule has 0 aromatic carbocycles. The van der Waals surface area contributed by atoms with Crippen LogP contribution in [0, 0.1) is 0 Å². The number of hydrogen-bond acceptors (Lipinski definition) is 3. The summed E-state index contributed by atoms with van der Waals surface area (Å²) in [5.74, 6) is 0. The molecule has 3 rings (SSSR count). The van der Waals surface area contributed by atoms with Gasteiger partial charge in [-0.1, -0.05) is 6.92 Å². The van der Waals surface area contributed by atoms with Gasteiger partial charge in [-0.2, -0.15) is 0 Å². The fourth-order valence-corrected chi connectivity index (χ4v) is 4.33. The standard InChI is InChI=1S/C17H24N4OS/c1-3-7-18-17(22)19-11-14-13-6-10-20(2)12-15(13)23-16(14)21-8-4-5-9-21/h4-5,8-9H,3,6-7,10-12H2,1-2H3,(H2,18,19,22). The average Bonchev–Trinajstić information content (AvgIpc) is 3.17. The van der Waals surface area contributed by atoms with Crippen molar-refractivity contribution in [2.24, 2.45) is 0 Å². The molecule has 0 bridgehead atoms. The highest BCUT2D eigenvalue weighted by molar-refractivity contribution is 7.14. The predicted molar refractivity (Wildman–Crippen MR) is 94.2 cm³/mol. The molecule has 0 aliphatic carbocycles. The van der Waals surface area contributed by atoms with E-state index in [1.165, 1.54) is 21.0 Å². The van der Waals surface area contributed by atoms with Crippen molar-refractivity contribution < 1.29 is 4.79 Å². The first-order valence-electron chi connectivity index (χ1n) is 8.16. The van der Waals surface area contributed by atoms with Crippen LogP contribution in [0.15, 0.2) is 24.5 Å². The highest BCUT2D eigenvalue weighted by Gasteiger charge is 2.23. The van der Waals surface area contributed by atoms with E-state index in [1.807, 2.05) is 23.5 Å². The molecule has 2 N–H and O–H groups in total. The van der Waals surface area contributed by atoms with E-state index < -0.39 is 0 Å². The van der Waals surface area contributed by atoms with Crippen molar-refractivity contribution in [3.05, 3.63) is 40.5 Å².